The van der Waals surface area contributed by atoms with E-state index in [1.54, 1.807) is 6.20 Å². The lowest BCUT2D eigenvalue weighted by Gasteiger charge is -2.34. The van der Waals surface area contributed by atoms with E-state index >= 15 is 0 Å². The molecular formula is C25H27ClN4O. The van der Waals surface area contributed by atoms with Crippen LogP contribution in [0.3, 0.4) is 0 Å². The predicted octanol–water partition coefficient (Wildman–Crippen LogP) is 4.37. The highest BCUT2D eigenvalue weighted by Gasteiger charge is 2.47. The molecule has 0 unspecified atom stereocenters. The first kappa shape index (κ1) is 20.3. The van der Waals surface area contributed by atoms with Gasteiger partial charge in [0.1, 0.15) is 0 Å². The van der Waals surface area contributed by atoms with Crippen molar-refractivity contribution in [1.82, 2.24) is 15.2 Å². The van der Waals surface area contributed by atoms with E-state index in [9.17, 15) is 4.79 Å². The molecule has 1 aliphatic carbocycles. The number of piperazine rings is 1. The Morgan fingerprint density at radius 3 is 2.61 bits per heavy atom. The number of nitrogens with one attached hydrogen (secondary N) is 1. The van der Waals surface area contributed by atoms with Crippen LogP contribution in [0.25, 0.3) is 10.9 Å². The molecule has 3 aromatic rings. The van der Waals surface area contributed by atoms with Crippen LogP contribution in [-0.2, 0) is 5.54 Å². The molecule has 1 N–H and O–H groups in total. The average Bonchev–Trinajstić information content (AvgIpc) is 3.55. The maximum atomic E-state index is 13.4. The summed E-state index contributed by atoms with van der Waals surface area (Å²) in [6.07, 6.45) is 3.62. The molecule has 0 radical (unpaired) electrons. The van der Waals surface area contributed by atoms with Gasteiger partial charge in [-0.05, 0) is 62.2 Å². The summed E-state index contributed by atoms with van der Waals surface area (Å²) in [5, 5.41) is 5.00. The van der Waals surface area contributed by atoms with Crippen molar-refractivity contribution in [1.29, 1.82) is 0 Å². The molecule has 2 heterocycles. The summed E-state index contributed by atoms with van der Waals surface area (Å²) in [4.78, 5) is 22.6. The molecule has 0 spiro atoms. The molecule has 1 saturated heterocycles. The van der Waals surface area contributed by atoms with E-state index in [1.165, 1.54) is 0 Å². The van der Waals surface area contributed by atoms with Crippen LogP contribution in [0.4, 0.5) is 5.69 Å². The van der Waals surface area contributed by atoms with E-state index in [2.05, 4.69) is 39.3 Å². The Bertz CT molecular complexity index is 1150. The Labute approximate surface area is 188 Å². The zero-order valence-electron chi connectivity index (χ0n) is 18.0. The van der Waals surface area contributed by atoms with Crippen molar-refractivity contribution in [3.8, 4) is 0 Å². The van der Waals surface area contributed by atoms with Crippen molar-refractivity contribution < 1.29 is 4.79 Å². The number of pyridine rings is 1. The number of hydrogen-bond acceptors (Lipinski definition) is 4. The van der Waals surface area contributed by atoms with Gasteiger partial charge in [0.05, 0.1) is 16.1 Å². The van der Waals surface area contributed by atoms with Gasteiger partial charge >= 0.3 is 0 Å². The van der Waals surface area contributed by atoms with Crippen LogP contribution in [-0.4, -0.2) is 49.0 Å². The van der Waals surface area contributed by atoms with Crippen molar-refractivity contribution in [2.45, 2.75) is 25.3 Å². The summed E-state index contributed by atoms with van der Waals surface area (Å²) in [6, 6.07) is 14.1. The molecule has 1 saturated carbocycles. The van der Waals surface area contributed by atoms with Gasteiger partial charge < -0.3 is 15.1 Å². The van der Waals surface area contributed by atoms with Crippen molar-refractivity contribution in [2.75, 3.05) is 38.1 Å². The predicted molar refractivity (Wildman–Crippen MR) is 126 cm³/mol. The van der Waals surface area contributed by atoms with Gasteiger partial charge in [0.15, 0.2) is 0 Å². The Balaban J connectivity index is 1.43. The van der Waals surface area contributed by atoms with Crippen molar-refractivity contribution >= 4 is 34.1 Å². The van der Waals surface area contributed by atoms with E-state index < -0.39 is 0 Å². The molecule has 5 rings (SSSR count). The molecule has 6 heteroatoms. The number of nitrogens with zero attached hydrogens (tertiary/aromatic N) is 3. The minimum atomic E-state index is -0.348. The lowest BCUT2D eigenvalue weighted by atomic mass is 9.98. The molecule has 2 fully saturated rings. The molecule has 1 amide bonds. The summed E-state index contributed by atoms with van der Waals surface area (Å²) < 4.78 is 0. The number of carbonyl (C=O) groups is 1. The van der Waals surface area contributed by atoms with Gasteiger partial charge in [-0.1, -0.05) is 29.8 Å². The number of para-hydroxylation sites is 1. The minimum Gasteiger partial charge on any atom is -0.369 e. The molecule has 2 aliphatic rings. The highest BCUT2D eigenvalue weighted by molar-refractivity contribution is 6.35. The molecule has 1 aliphatic heterocycles. The van der Waals surface area contributed by atoms with Crippen LogP contribution < -0.4 is 10.2 Å². The first-order valence-electron chi connectivity index (χ1n) is 10.9. The summed E-state index contributed by atoms with van der Waals surface area (Å²) in [5.41, 5.74) is 4.40. The second-order valence-corrected chi connectivity index (χ2v) is 9.23. The fraction of sp³-hybridized carbons (Fsp3) is 0.360. The smallest absolute Gasteiger partial charge is 0.252 e. The van der Waals surface area contributed by atoms with Gasteiger partial charge in [-0.15, -0.1) is 0 Å². The number of benzene rings is 2. The fourth-order valence-corrected chi connectivity index (χ4v) is 4.77. The lowest BCUT2D eigenvalue weighted by Crippen LogP contribution is -2.44. The molecule has 0 bridgehead atoms. The van der Waals surface area contributed by atoms with Gasteiger partial charge in [-0.3, -0.25) is 9.78 Å². The van der Waals surface area contributed by atoms with Crippen LogP contribution in [0.15, 0.2) is 48.7 Å². The van der Waals surface area contributed by atoms with Crippen LogP contribution in [0.1, 0.15) is 34.3 Å². The Morgan fingerprint density at radius 1 is 1.10 bits per heavy atom. The monoisotopic (exact) mass is 434 g/mol. The number of halogens is 1. The third-order valence-electron chi connectivity index (χ3n) is 6.67. The molecule has 160 valence electrons. The first-order chi connectivity index (χ1) is 15.0. The normalized spacial score (nSPS) is 18.2. The third kappa shape index (κ3) is 3.77. The highest BCUT2D eigenvalue weighted by Crippen LogP contribution is 2.48. The average molecular weight is 435 g/mol. The fourth-order valence-electron chi connectivity index (χ4n) is 4.54. The van der Waals surface area contributed by atoms with E-state index in [0.29, 0.717) is 5.02 Å². The number of fused-ring (bicyclic) bond motifs is 1. The Morgan fingerprint density at radius 2 is 1.87 bits per heavy atom. The zero-order valence-corrected chi connectivity index (χ0v) is 18.7. The molecule has 1 aromatic heterocycles. The SMILES string of the molecule is Cc1ccc(N2CCN(C)CC2)cc1C(=O)NC1(c2ccnc3c(Cl)cccc23)CC1. The number of likely N-dealkylation sites (N-methyl/N-ethyl adjacent to an activating group) is 1. The number of rotatable bonds is 4. The van der Waals surface area contributed by atoms with Crippen molar-refractivity contribution in [3.05, 3.63) is 70.4 Å². The summed E-state index contributed by atoms with van der Waals surface area (Å²) in [5.74, 6) is -0.0158. The number of amides is 1. The second kappa shape index (κ2) is 7.81. The Hall–Kier alpha value is -2.63. The second-order valence-electron chi connectivity index (χ2n) is 8.82. The van der Waals surface area contributed by atoms with E-state index in [0.717, 1.165) is 72.3 Å². The maximum Gasteiger partial charge on any atom is 0.252 e. The standard InChI is InChI=1S/C25H27ClN4O/c1-17-6-7-18(30-14-12-29(2)13-15-30)16-20(17)24(31)28-25(9-10-25)21-8-11-27-23-19(21)4-3-5-22(23)26/h3-8,11,16H,9-10,12-15H2,1-2H3,(H,28,31). The van der Waals surface area contributed by atoms with Crippen LogP contribution >= 0.6 is 11.6 Å². The largest absolute Gasteiger partial charge is 0.369 e. The zero-order chi connectivity index (χ0) is 21.6. The molecule has 5 nitrogen and oxygen atoms in total. The van der Waals surface area contributed by atoms with Gasteiger partial charge in [0, 0.05) is 49.0 Å². The molecule has 0 atom stereocenters. The minimum absolute atomic E-state index is 0.0158. The van der Waals surface area contributed by atoms with E-state index in [-0.39, 0.29) is 11.4 Å². The number of carbonyl (C=O) groups excluding carboxylic acids is 1. The highest BCUT2D eigenvalue weighted by atomic mass is 35.5. The van der Waals surface area contributed by atoms with Crippen molar-refractivity contribution in [3.63, 3.8) is 0 Å². The van der Waals surface area contributed by atoms with Crippen LogP contribution in [0.2, 0.25) is 5.02 Å². The van der Waals surface area contributed by atoms with Gasteiger partial charge in [-0.25, -0.2) is 0 Å². The van der Waals surface area contributed by atoms with Gasteiger partial charge in [0.2, 0.25) is 0 Å². The van der Waals surface area contributed by atoms with Gasteiger partial charge in [-0.2, -0.15) is 0 Å². The number of aromatic nitrogens is 1. The molecular weight excluding hydrogens is 408 g/mol. The summed E-state index contributed by atoms with van der Waals surface area (Å²) in [7, 11) is 2.15. The lowest BCUT2D eigenvalue weighted by molar-refractivity contribution is 0.0930. The maximum absolute atomic E-state index is 13.4. The molecule has 2 aromatic carbocycles. The third-order valence-corrected chi connectivity index (χ3v) is 6.98. The summed E-state index contributed by atoms with van der Waals surface area (Å²) >= 11 is 6.36. The topological polar surface area (TPSA) is 48.5 Å². The van der Waals surface area contributed by atoms with E-state index in [1.807, 2.05) is 37.3 Å². The van der Waals surface area contributed by atoms with Crippen molar-refractivity contribution in [2.24, 2.45) is 0 Å². The van der Waals surface area contributed by atoms with Gasteiger partial charge in [0.25, 0.3) is 5.91 Å². The van der Waals surface area contributed by atoms with Crippen LogP contribution in [0.5, 0.6) is 0 Å². The quantitative estimate of drug-likeness (QED) is 0.662. The molecule has 31 heavy (non-hydrogen) atoms. The summed E-state index contributed by atoms with van der Waals surface area (Å²) in [6.45, 7) is 6.04. The van der Waals surface area contributed by atoms with E-state index in [4.69, 9.17) is 11.6 Å². The van der Waals surface area contributed by atoms with Crippen LogP contribution in [0, 0.1) is 6.92 Å². The Kier molecular flexibility index (Phi) is 5.11. The number of aryl methyl sites for hydroxylation is 1. The number of hydrogen-bond donors (Lipinski definition) is 1. The first-order valence-corrected chi connectivity index (χ1v) is 11.2. The number of anilines is 1.